The maximum absolute atomic E-state index is 15.5. The summed E-state index contributed by atoms with van der Waals surface area (Å²) < 4.78 is 102. The lowest BCUT2D eigenvalue weighted by Crippen LogP contribution is -2.44. The second-order valence-electron chi connectivity index (χ2n) is 13.1. The number of fused-ring (bicyclic) bond motifs is 1. The number of hydrogen-bond acceptors (Lipinski definition) is 9. The minimum Gasteiger partial charge on any atom is -0.456 e. The van der Waals surface area contributed by atoms with E-state index in [1.165, 1.54) is 69.8 Å². The fourth-order valence-corrected chi connectivity index (χ4v) is 6.16. The van der Waals surface area contributed by atoms with E-state index in [0.717, 1.165) is 12.1 Å². The van der Waals surface area contributed by atoms with Gasteiger partial charge in [0, 0.05) is 54.5 Å². The lowest BCUT2D eigenvalue weighted by molar-refractivity contribution is -0.148. The van der Waals surface area contributed by atoms with Crippen molar-refractivity contribution in [3.8, 4) is 11.1 Å². The van der Waals surface area contributed by atoms with Gasteiger partial charge in [-0.15, -0.1) is 0 Å². The van der Waals surface area contributed by atoms with Crippen LogP contribution in [0.15, 0.2) is 67.1 Å². The van der Waals surface area contributed by atoms with E-state index < -0.39 is 71.0 Å². The molecule has 3 aromatic heterocycles. The normalized spacial score (nSPS) is 12.4. The maximum atomic E-state index is 15.5. The van der Waals surface area contributed by atoms with Crippen molar-refractivity contribution in [3.63, 3.8) is 0 Å². The zero-order valence-electron chi connectivity index (χ0n) is 34.4. The molecule has 0 fully saturated rings. The van der Waals surface area contributed by atoms with Gasteiger partial charge in [-0.05, 0) is 62.6 Å². The summed E-state index contributed by atoms with van der Waals surface area (Å²) in [5.41, 5.74) is -1.54. The van der Waals surface area contributed by atoms with Gasteiger partial charge in [0.25, 0.3) is 17.4 Å². The summed E-state index contributed by atoms with van der Waals surface area (Å²) >= 11 is 0. The number of ether oxygens (including phenoxy) is 1. The zero-order valence-corrected chi connectivity index (χ0v) is 34.4. The molecule has 0 saturated heterocycles. The molecular formula is C42H48F6N4O7. The van der Waals surface area contributed by atoms with Gasteiger partial charge in [-0.3, -0.25) is 14.6 Å². The highest BCUT2D eigenvalue weighted by atomic mass is 19.4. The van der Waals surface area contributed by atoms with Crippen LogP contribution in [0.2, 0.25) is 0 Å². The number of hydrogen-bond donors (Lipinski definition) is 2. The molecule has 1 amide bonds. The molecule has 0 aliphatic rings. The van der Waals surface area contributed by atoms with Crippen molar-refractivity contribution >= 4 is 28.5 Å². The topological polar surface area (TPSA) is 146 Å². The van der Waals surface area contributed by atoms with Crippen molar-refractivity contribution in [1.82, 2.24) is 14.9 Å². The van der Waals surface area contributed by atoms with Crippen LogP contribution in [-0.2, 0) is 35.5 Å². The van der Waals surface area contributed by atoms with E-state index in [0.29, 0.717) is 23.6 Å². The number of alkyl halides is 5. The number of carbonyl (C=O) groups excluding carboxylic acids is 2. The lowest BCUT2D eigenvalue weighted by atomic mass is 9.91. The van der Waals surface area contributed by atoms with Crippen molar-refractivity contribution in [3.05, 3.63) is 115 Å². The summed E-state index contributed by atoms with van der Waals surface area (Å²) in [5, 5.41) is 4.97. The summed E-state index contributed by atoms with van der Waals surface area (Å²) in [6.07, 6.45) is -3.95. The number of carbonyl (C=O) groups is 2. The summed E-state index contributed by atoms with van der Waals surface area (Å²) in [6, 6.07) is 5.48. The number of aromatic nitrogens is 2. The number of anilines is 1. The smallest absolute Gasteiger partial charge is 0.456 e. The molecule has 320 valence electrons. The number of halogens is 6. The Morgan fingerprint density at radius 1 is 0.966 bits per heavy atom. The molecule has 2 N–H and O–H groups in total. The van der Waals surface area contributed by atoms with Crippen LogP contribution in [0.4, 0.5) is 32.0 Å². The SMILES string of the molecule is CC.CC.CC[C@@H](Nc1cc(C)c(C(=O)N[C@@H](Cc2ccc(-c3c(C(C)(F)F)cc(C)n(C)c3=O)c3ncccc23)C(=O)OCc2oc(=O)oc2C)c(F)c1)C(F)(F)F. The number of nitrogens with one attached hydrogen (secondary N) is 2. The van der Waals surface area contributed by atoms with E-state index in [9.17, 15) is 41.1 Å². The summed E-state index contributed by atoms with van der Waals surface area (Å²) in [6.45, 7) is 13.6. The van der Waals surface area contributed by atoms with E-state index >= 15 is 4.39 Å². The predicted octanol–water partition coefficient (Wildman–Crippen LogP) is 9.21. The number of pyridine rings is 2. The van der Waals surface area contributed by atoms with Gasteiger partial charge in [0.1, 0.15) is 17.9 Å². The molecule has 0 spiro atoms. The molecule has 2 aromatic carbocycles. The Morgan fingerprint density at radius 2 is 1.63 bits per heavy atom. The van der Waals surface area contributed by atoms with Crippen LogP contribution in [-0.4, -0.2) is 39.7 Å². The number of aryl methyl sites for hydroxylation is 3. The van der Waals surface area contributed by atoms with Crippen LogP contribution in [0.25, 0.3) is 22.0 Å². The van der Waals surface area contributed by atoms with E-state index in [2.05, 4.69) is 15.6 Å². The van der Waals surface area contributed by atoms with Crippen LogP contribution < -0.4 is 22.0 Å². The Labute approximate surface area is 336 Å². The fourth-order valence-electron chi connectivity index (χ4n) is 6.16. The highest BCUT2D eigenvalue weighted by Gasteiger charge is 2.38. The molecule has 2 atom stereocenters. The van der Waals surface area contributed by atoms with Gasteiger partial charge >= 0.3 is 18.0 Å². The number of nitrogens with zero attached hydrogens (tertiary/aromatic N) is 2. The van der Waals surface area contributed by atoms with Crippen LogP contribution in [0.1, 0.15) is 92.2 Å². The summed E-state index contributed by atoms with van der Waals surface area (Å²) in [4.78, 5) is 56.7. The van der Waals surface area contributed by atoms with Gasteiger partial charge in [0.2, 0.25) is 0 Å². The van der Waals surface area contributed by atoms with Gasteiger partial charge in [0.15, 0.2) is 18.1 Å². The first kappa shape index (κ1) is 47.5. The highest BCUT2D eigenvalue weighted by molar-refractivity contribution is 6.00. The lowest BCUT2D eigenvalue weighted by Gasteiger charge is -2.23. The maximum Gasteiger partial charge on any atom is 0.519 e. The first-order chi connectivity index (χ1) is 27.7. The second kappa shape index (κ2) is 19.7. The third-order valence-electron chi connectivity index (χ3n) is 9.13. The largest absolute Gasteiger partial charge is 0.519 e. The predicted molar refractivity (Wildman–Crippen MR) is 211 cm³/mol. The molecule has 3 heterocycles. The van der Waals surface area contributed by atoms with Crippen molar-refractivity contribution in [1.29, 1.82) is 0 Å². The fraction of sp³-hybridized carbons (Fsp3) is 0.405. The average Bonchev–Trinajstić information content (AvgIpc) is 3.51. The van der Waals surface area contributed by atoms with Crippen LogP contribution in [0.3, 0.4) is 0 Å². The number of rotatable bonds is 12. The minimum absolute atomic E-state index is 0.0209. The summed E-state index contributed by atoms with van der Waals surface area (Å²) in [5.74, 6) is -7.95. The van der Waals surface area contributed by atoms with E-state index in [1.807, 2.05) is 27.7 Å². The van der Waals surface area contributed by atoms with E-state index in [-0.39, 0.29) is 52.3 Å². The molecule has 59 heavy (non-hydrogen) atoms. The van der Waals surface area contributed by atoms with Gasteiger partial charge in [-0.1, -0.05) is 52.8 Å². The molecule has 0 radical (unpaired) electrons. The Bertz CT molecular complexity index is 2370. The van der Waals surface area contributed by atoms with Crippen molar-refractivity contribution < 1.29 is 49.5 Å². The van der Waals surface area contributed by atoms with Gasteiger partial charge in [0.05, 0.1) is 16.6 Å². The molecule has 0 saturated carbocycles. The standard InChI is InChI=1S/C38H36F6N4O7.2C2H6/c1-7-29(38(42,43)44)46-22-13-18(2)30(26(39)16-22)33(49)47-27(35(51)53-17-28-20(4)54-36(52)55-28)15-21-10-11-24(32-23(21)9-8-12-45-32)31-25(37(5,40)41)14-19(3)48(6)34(31)50;2*1-2/h8-14,16,27,29,46H,7,15,17H2,1-6H3,(H,47,49);2*1-2H3/t27-,29+;;/m0../s1. The first-order valence-corrected chi connectivity index (χ1v) is 18.9. The first-order valence-electron chi connectivity index (χ1n) is 18.9. The number of esters is 1. The van der Waals surface area contributed by atoms with E-state index in [4.69, 9.17) is 13.6 Å². The zero-order chi connectivity index (χ0) is 44.6. The third-order valence-corrected chi connectivity index (χ3v) is 9.13. The number of benzene rings is 2. The summed E-state index contributed by atoms with van der Waals surface area (Å²) in [7, 11) is 1.44. The molecule has 11 nitrogen and oxygen atoms in total. The van der Waals surface area contributed by atoms with Gasteiger partial charge < -0.3 is 28.8 Å². The Hall–Kier alpha value is -5.87. The Kier molecular flexibility index (Phi) is 15.9. The molecule has 0 unspecified atom stereocenters. The van der Waals surface area contributed by atoms with Crippen molar-refractivity contribution in [2.45, 2.75) is 106 Å². The minimum atomic E-state index is -4.63. The Balaban J connectivity index is 0.00000225. The monoisotopic (exact) mass is 834 g/mol. The molecule has 17 heteroatoms. The molecule has 5 rings (SSSR count). The van der Waals surface area contributed by atoms with Gasteiger partial charge in [-0.25, -0.2) is 22.8 Å². The highest BCUT2D eigenvalue weighted by Crippen LogP contribution is 2.37. The van der Waals surface area contributed by atoms with Crippen molar-refractivity contribution in [2.24, 2.45) is 7.05 Å². The second-order valence-corrected chi connectivity index (χ2v) is 13.1. The molecule has 0 aliphatic carbocycles. The van der Waals surface area contributed by atoms with Gasteiger partial charge in [-0.2, -0.15) is 13.2 Å². The Morgan fingerprint density at radius 3 is 2.19 bits per heavy atom. The number of amides is 1. The van der Waals surface area contributed by atoms with Crippen LogP contribution in [0.5, 0.6) is 0 Å². The third kappa shape index (κ3) is 11.0. The van der Waals surface area contributed by atoms with E-state index in [1.54, 1.807) is 6.07 Å². The molecule has 0 bridgehead atoms. The molecule has 5 aromatic rings. The quantitative estimate of drug-likeness (QED) is 0.0928. The van der Waals surface area contributed by atoms with Crippen molar-refractivity contribution in [2.75, 3.05) is 5.32 Å². The van der Waals surface area contributed by atoms with Crippen LogP contribution >= 0.6 is 0 Å². The molecular weight excluding hydrogens is 786 g/mol. The average molecular weight is 835 g/mol. The van der Waals surface area contributed by atoms with Crippen LogP contribution in [0, 0.1) is 26.6 Å². The molecule has 0 aliphatic heterocycles.